The van der Waals surface area contributed by atoms with Crippen molar-refractivity contribution in [2.75, 3.05) is 6.61 Å². The van der Waals surface area contributed by atoms with Crippen LogP contribution >= 0.6 is 0 Å². The minimum atomic E-state index is -1.85. The summed E-state index contributed by atoms with van der Waals surface area (Å²) in [6.45, 7) is 2.31. The molecule has 3 saturated heterocycles. The van der Waals surface area contributed by atoms with E-state index in [1.54, 1.807) is 24.3 Å². The molecule has 0 bridgehead atoms. The molecule has 4 heterocycles. The summed E-state index contributed by atoms with van der Waals surface area (Å²) in [6.07, 6.45) is -23.8. The van der Waals surface area contributed by atoms with E-state index in [2.05, 4.69) is 0 Å². The minimum absolute atomic E-state index is 0.00545. The number of hydrogen-bond acceptors (Lipinski definition) is 17. The predicted molar refractivity (Wildman–Crippen MR) is 164 cm³/mol. The van der Waals surface area contributed by atoms with E-state index in [-0.39, 0.29) is 29.3 Å². The minimum Gasteiger partial charge on any atom is -0.507 e. The van der Waals surface area contributed by atoms with Crippen LogP contribution < -0.4 is 9.47 Å². The van der Waals surface area contributed by atoms with Gasteiger partial charge in [0, 0.05) is 12.1 Å². The van der Waals surface area contributed by atoms with Crippen molar-refractivity contribution >= 4 is 5.78 Å². The van der Waals surface area contributed by atoms with Crippen LogP contribution in [0.1, 0.15) is 42.3 Å². The number of fused-ring (bicyclic) bond motifs is 1. The number of aliphatic hydroxyl groups excluding tert-OH is 8. The van der Waals surface area contributed by atoms with Gasteiger partial charge in [-0.25, -0.2) is 0 Å². The number of phenols is 1. The molecular weight excluding hydrogens is 668 g/mol. The standard InChI is InChI=1S/C33H42O17/c1-12-22(36)25(39)28(42)31(45-12)44-11-20-24(38)27(41)30(50-32-29(43)26(40)23(37)13(2)46-32)33(49-20)47-15-8-16(34)21-17(35)10-18(48-19(21)9-15)14-6-4-3-5-7-14/h3-9,12-13,18,20,22-34,36-43H,10-11H2,1-2H3/t12-,13-,18?,20+,22-,23-,24+,25+,26+,27-,28+,29+,30+,31?,32-,33+/m0/s1. The molecule has 9 N–H and O–H groups in total. The summed E-state index contributed by atoms with van der Waals surface area (Å²) in [5, 5.41) is 94.8. The first-order chi connectivity index (χ1) is 23.7. The van der Waals surface area contributed by atoms with E-state index in [1.165, 1.54) is 19.9 Å². The summed E-state index contributed by atoms with van der Waals surface area (Å²) >= 11 is 0. The molecule has 3 fully saturated rings. The van der Waals surface area contributed by atoms with Crippen molar-refractivity contribution in [1.29, 1.82) is 0 Å². The molecule has 4 aliphatic heterocycles. The maximum atomic E-state index is 13.0. The normalized spacial score (nSPS) is 42.0. The lowest BCUT2D eigenvalue weighted by molar-refractivity contribution is -0.360. The van der Waals surface area contributed by atoms with Crippen LogP contribution in [-0.4, -0.2) is 150 Å². The Morgan fingerprint density at radius 3 is 2.00 bits per heavy atom. The molecule has 0 aromatic heterocycles. The van der Waals surface area contributed by atoms with E-state index >= 15 is 0 Å². The molecule has 50 heavy (non-hydrogen) atoms. The molecule has 0 aliphatic carbocycles. The first-order valence-electron chi connectivity index (χ1n) is 16.2. The summed E-state index contributed by atoms with van der Waals surface area (Å²) in [4.78, 5) is 13.0. The second kappa shape index (κ2) is 14.9. The van der Waals surface area contributed by atoms with Crippen LogP contribution in [0.4, 0.5) is 0 Å². The summed E-state index contributed by atoms with van der Waals surface area (Å²) < 4.78 is 40.4. The lowest BCUT2D eigenvalue weighted by atomic mass is 9.95. The van der Waals surface area contributed by atoms with Crippen LogP contribution in [0.5, 0.6) is 17.2 Å². The number of aromatic hydroxyl groups is 1. The largest absolute Gasteiger partial charge is 0.507 e. The van der Waals surface area contributed by atoms with Crippen molar-refractivity contribution in [2.24, 2.45) is 0 Å². The van der Waals surface area contributed by atoms with Crippen LogP contribution in [0.15, 0.2) is 42.5 Å². The van der Waals surface area contributed by atoms with Crippen molar-refractivity contribution in [3.05, 3.63) is 53.6 Å². The predicted octanol–water partition coefficient (Wildman–Crippen LogP) is -2.02. The zero-order chi connectivity index (χ0) is 36.0. The van der Waals surface area contributed by atoms with Gasteiger partial charge < -0.3 is 79.1 Å². The van der Waals surface area contributed by atoms with Gasteiger partial charge in [-0.15, -0.1) is 0 Å². The second-order valence-electron chi connectivity index (χ2n) is 12.9. The summed E-state index contributed by atoms with van der Waals surface area (Å²) in [7, 11) is 0. The van der Waals surface area contributed by atoms with E-state index in [0.717, 1.165) is 11.6 Å². The zero-order valence-electron chi connectivity index (χ0n) is 27.0. The van der Waals surface area contributed by atoms with Crippen molar-refractivity contribution in [3.63, 3.8) is 0 Å². The van der Waals surface area contributed by atoms with Crippen LogP contribution in [0.25, 0.3) is 0 Å². The van der Waals surface area contributed by atoms with Crippen LogP contribution in [-0.2, 0) is 23.7 Å². The fraction of sp³-hybridized carbons (Fsp3) is 0.606. The molecule has 0 amide bonds. The Hall–Kier alpha value is -3.01. The third-order valence-corrected chi connectivity index (χ3v) is 9.37. The number of rotatable bonds is 8. The average Bonchev–Trinajstić information content (AvgIpc) is 3.09. The third kappa shape index (κ3) is 7.20. The van der Waals surface area contributed by atoms with Crippen molar-refractivity contribution < 1.29 is 83.9 Å². The number of ether oxygens (including phenoxy) is 7. The topological polar surface area (TPSA) is 264 Å². The Bertz CT molecular complexity index is 1480. The Morgan fingerprint density at radius 1 is 0.720 bits per heavy atom. The van der Waals surface area contributed by atoms with Gasteiger partial charge in [0.15, 0.2) is 24.5 Å². The number of phenolic OH excluding ortho intramolecular Hbond substituents is 1. The van der Waals surface area contributed by atoms with Gasteiger partial charge in [0.1, 0.15) is 83.9 Å². The number of Topliss-reactive ketones (excluding diaryl/α,β-unsaturated/α-hetero) is 1. The van der Waals surface area contributed by atoms with Gasteiger partial charge in [0.25, 0.3) is 0 Å². The molecular formula is C33H42O17. The van der Waals surface area contributed by atoms with E-state index in [0.29, 0.717) is 0 Å². The van der Waals surface area contributed by atoms with E-state index < -0.39 is 111 Å². The van der Waals surface area contributed by atoms with Gasteiger partial charge in [-0.1, -0.05) is 30.3 Å². The van der Waals surface area contributed by atoms with Crippen LogP contribution in [0.2, 0.25) is 0 Å². The maximum Gasteiger partial charge on any atom is 0.229 e. The van der Waals surface area contributed by atoms with Crippen molar-refractivity contribution in [3.8, 4) is 17.2 Å². The van der Waals surface area contributed by atoms with Gasteiger partial charge in [-0.3, -0.25) is 4.79 Å². The monoisotopic (exact) mass is 710 g/mol. The molecule has 6 rings (SSSR count). The van der Waals surface area contributed by atoms with Crippen LogP contribution in [0, 0.1) is 0 Å². The highest BCUT2D eigenvalue weighted by Gasteiger charge is 2.52. The maximum absolute atomic E-state index is 13.0. The van der Waals surface area contributed by atoms with E-state index in [4.69, 9.17) is 33.2 Å². The summed E-state index contributed by atoms with van der Waals surface area (Å²) in [6, 6.07) is 11.4. The highest BCUT2D eigenvalue weighted by molar-refractivity contribution is 6.02. The van der Waals surface area contributed by atoms with Gasteiger partial charge in [-0.2, -0.15) is 0 Å². The molecule has 2 aromatic rings. The van der Waals surface area contributed by atoms with Crippen molar-refractivity contribution in [2.45, 2.75) is 118 Å². The van der Waals surface area contributed by atoms with E-state index in [1.807, 2.05) is 6.07 Å². The quantitative estimate of drug-likeness (QED) is 0.143. The molecule has 0 saturated carbocycles. The highest BCUT2D eigenvalue weighted by Crippen LogP contribution is 2.43. The SMILES string of the molecule is C[C@@H]1O[C@@H](O[C@H]2[C@H](Oc3cc(O)c4c(c3)OC(c3ccccc3)CC4=O)O[C@H](COC3O[C@@H](C)[C@H](O)[C@@H](O)[C@H]3O)[C@@H](O)[C@@H]2O)[C@H](O)[C@H](O)[C@H]1O. The number of aliphatic hydroxyl groups is 8. The first-order valence-corrected chi connectivity index (χ1v) is 16.2. The molecule has 276 valence electrons. The fourth-order valence-corrected chi connectivity index (χ4v) is 6.37. The Morgan fingerprint density at radius 2 is 1.34 bits per heavy atom. The summed E-state index contributed by atoms with van der Waals surface area (Å²) in [5.41, 5.74) is 0.647. The highest BCUT2D eigenvalue weighted by atomic mass is 16.8. The smallest absolute Gasteiger partial charge is 0.229 e. The van der Waals surface area contributed by atoms with Gasteiger partial charge in [0.05, 0.1) is 25.2 Å². The molecule has 2 unspecified atom stereocenters. The molecule has 17 heteroatoms. The van der Waals surface area contributed by atoms with Crippen molar-refractivity contribution in [1.82, 2.24) is 0 Å². The van der Waals surface area contributed by atoms with Gasteiger partial charge >= 0.3 is 0 Å². The second-order valence-corrected chi connectivity index (χ2v) is 12.9. The lowest BCUT2D eigenvalue weighted by Gasteiger charge is -2.46. The summed E-state index contributed by atoms with van der Waals surface area (Å²) in [5.74, 6) is -0.991. The zero-order valence-corrected chi connectivity index (χ0v) is 27.0. The number of hydrogen-bond donors (Lipinski definition) is 9. The number of carbonyl (C=O) groups is 1. The Balaban J connectivity index is 1.26. The third-order valence-electron chi connectivity index (χ3n) is 9.37. The number of carbonyl (C=O) groups excluding carboxylic acids is 1. The van der Waals surface area contributed by atoms with E-state index in [9.17, 15) is 50.8 Å². The molecule has 0 spiro atoms. The molecule has 2 aromatic carbocycles. The first kappa shape index (κ1) is 36.8. The molecule has 0 radical (unpaired) electrons. The van der Waals surface area contributed by atoms with Gasteiger partial charge in [-0.05, 0) is 19.4 Å². The average molecular weight is 711 g/mol. The molecule has 16 atom stereocenters. The Kier molecular flexibility index (Phi) is 11.0. The molecule has 17 nitrogen and oxygen atoms in total. The van der Waals surface area contributed by atoms with Gasteiger partial charge in [0.2, 0.25) is 6.29 Å². The number of benzene rings is 2. The fourth-order valence-electron chi connectivity index (χ4n) is 6.37. The number of ketones is 1. The lowest BCUT2D eigenvalue weighted by Crippen LogP contribution is -2.65. The van der Waals surface area contributed by atoms with Crippen LogP contribution in [0.3, 0.4) is 0 Å². The Labute approximate surface area is 285 Å². The molecule has 4 aliphatic rings.